The summed E-state index contributed by atoms with van der Waals surface area (Å²) in [6.07, 6.45) is -2.32. The lowest BCUT2D eigenvalue weighted by atomic mass is 9.80. The van der Waals surface area contributed by atoms with Crippen molar-refractivity contribution in [1.29, 1.82) is 0 Å². The van der Waals surface area contributed by atoms with Crippen LogP contribution < -0.4 is 10.1 Å². The van der Waals surface area contributed by atoms with E-state index in [2.05, 4.69) is 10.1 Å². The number of carbonyl (C=O) groups excluding carboxylic acids is 1. The Kier molecular flexibility index (Phi) is 4.95. The molecule has 1 fully saturated rings. The zero-order chi connectivity index (χ0) is 16.2. The maximum absolute atomic E-state index is 12.3. The van der Waals surface area contributed by atoms with Crippen LogP contribution in [0.25, 0.3) is 0 Å². The van der Waals surface area contributed by atoms with Gasteiger partial charge in [0.2, 0.25) is 5.91 Å². The van der Waals surface area contributed by atoms with Crippen LogP contribution in [0, 0.1) is 0 Å². The van der Waals surface area contributed by atoms with Crippen LogP contribution in [0.1, 0.15) is 31.2 Å². The third-order valence-corrected chi connectivity index (χ3v) is 3.72. The van der Waals surface area contributed by atoms with Crippen molar-refractivity contribution in [2.45, 2.75) is 44.1 Å². The normalized spacial score (nSPS) is 16.7. The van der Waals surface area contributed by atoms with Gasteiger partial charge in [-0.1, -0.05) is 18.2 Å². The van der Waals surface area contributed by atoms with E-state index in [4.69, 9.17) is 0 Å². The fourth-order valence-corrected chi connectivity index (χ4v) is 2.30. The Balaban J connectivity index is 1.84. The second-order valence-electron chi connectivity index (χ2n) is 5.51. The Morgan fingerprint density at radius 2 is 2.00 bits per heavy atom. The molecule has 122 valence electrons. The molecule has 1 saturated carbocycles. The van der Waals surface area contributed by atoms with E-state index in [1.54, 1.807) is 6.07 Å². The van der Waals surface area contributed by atoms with Crippen LogP contribution in [0.2, 0.25) is 0 Å². The molecule has 2 rings (SSSR count). The summed E-state index contributed by atoms with van der Waals surface area (Å²) in [5, 5.41) is 12.5. The summed E-state index contributed by atoms with van der Waals surface area (Å²) in [4.78, 5) is 11.7. The topological polar surface area (TPSA) is 58.6 Å². The third kappa shape index (κ3) is 4.91. The lowest BCUT2D eigenvalue weighted by Crippen LogP contribution is -2.47. The van der Waals surface area contributed by atoms with Crippen LogP contribution in [0.4, 0.5) is 13.2 Å². The van der Waals surface area contributed by atoms with E-state index < -0.39 is 12.0 Å². The first-order valence-corrected chi connectivity index (χ1v) is 7.10. The number of benzene rings is 1. The third-order valence-electron chi connectivity index (χ3n) is 3.72. The molecule has 0 aliphatic heterocycles. The SMILES string of the molecule is O=C(CCc1ccccc1OC(F)(F)F)NCC1(O)CCC1. The number of hydrogen-bond acceptors (Lipinski definition) is 3. The van der Waals surface area contributed by atoms with Crippen LogP contribution in [0.5, 0.6) is 5.75 Å². The van der Waals surface area contributed by atoms with Gasteiger partial charge in [0.05, 0.1) is 5.60 Å². The molecule has 1 aromatic rings. The maximum Gasteiger partial charge on any atom is 0.573 e. The van der Waals surface area contributed by atoms with Gasteiger partial charge in [-0.05, 0) is 37.3 Å². The molecular weight excluding hydrogens is 299 g/mol. The van der Waals surface area contributed by atoms with Gasteiger partial charge in [-0.25, -0.2) is 0 Å². The summed E-state index contributed by atoms with van der Waals surface area (Å²) >= 11 is 0. The summed E-state index contributed by atoms with van der Waals surface area (Å²) in [5.74, 6) is -0.595. The number of carbonyl (C=O) groups is 1. The number of aryl methyl sites for hydroxylation is 1. The summed E-state index contributed by atoms with van der Waals surface area (Å²) in [5.41, 5.74) is -0.496. The molecule has 0 bridgehead atoms. The molecule has 0 atom stereocenters. The Hall–Kier alpha value is -1.76. The largest absolute Gasteiger partial charge is 0.573 e. The minimum atomic E-state index is -4.76. The average Bonchev–Trinajstić information content (AvgIpc) is 2.40. The summed E-state index contributed by atoms with van der Waals surface area (Å²) in [6.45, 7) is 0.187. The van der Waals surface area contributed by atoms with E-state index in [0.29, 0.717) is 18.4 Å². The quantitative estimate of drug-likeness (QED) is 0.848. The number of amides is 1. The fraction of sp³-hybridized carbons (Fsp3) is 0.533. The molecule has 0 unspecified atom stereocenters. The predicted octanol–water partition coefficient (Wildman–Crippen LogP) is 2.55. The molecule has 1 aliphatic carbocycles. The van der Waals surface area contributed by atoms with Crippen LogP contribution in [-0.2, 0) is 11.2 Å². The molecule has 1 aliphatic rings. The highest BCUT2D eigenvalue weighted by Gasteiger charge is 2.34. The van der Waals surface area contributed by atoms with Gasteiger partial charge >= 0.3 is 6.36 Å². The summed E-state index contributed by atoms with van der Waals surface area (Å²) in [6, 6.07) is 5.75. The summed E-state index contributed by atoms with van der Waals surface area (Å²) < 4.78 is 40.8. The van der Waals surface area contributed by atoms with Crippen molar-refractivity contribution in [3.8, 4) is 5.75 Å². The average molecular weight is 317 g/mol. The number of ether oxygens (including phenoxy) is 1. The second kappa shape index (κ2) is 6.56. The van der Waals surface area contributed by atoms with Crippen LogP contribution in [-0.4, -0.2) is 29.5 Å². The lowest BCUT2D eigenvalue weighted by molar-refractivity contribution is -0.274. The highest BCUT2D eigenvalue weighted by Crippen LogP contribution is 2.30. The minimum absolute atomic E-state index is 0.0360. The highest BCUT2D eigenvalue weighted by atomic mass is 19.4. The number of para-hydroxylation sites is 1. The van der Waals surface area contributed by atoms with E-state index >= 15 is 0 Å². The molecule has 4 nitrogen and oxygen atoms in total. The van der Waals surface area contributed by atoms with Gasteiger partial charge < -0.3 is 15.2 Å². The van der Waals surface area contributed by atoms with Gasteiger partial charge in [-0.3, -0.25) is 4.79 Å². The van der Waals surface area contributed by atoms with Crippen molar-refractivity contribution >= 4 is 5.91 Å². The number of alkyl halides is 3. The van der Waals surface area contributed by atoms with Gasteiger partial charge in [0, 0.05) is 13.0 Å². The van der Waals surface area contributed by atoms with E-state index in [1.807, 2.05) is 0 Å². The molecule has 22 heavy (non-hydrogen) atoms. The first-order chi connectivity index (χ1) is 10.3. The first kappa shape index (κ1) is 16.6. The molecule has 0 heterocycles. The van der Waals surface area contributed by atoms with Gasteiger partial charge in [0.25, 0.3) is 0 Å². The number of aliphatic hydroxyl groups is 1. The van der Waals surface area contributed by atoms with Crippen molar-refractivity contribution in [3.05, 3.63) is 29.8 Å². The Labute approximate surface area is 126 Å². The van der Waals surface area contributed by atoms with E-state index in [9.17, 15) is 23.1 Å². The highest BCUT2D eigenvalue weighted by molar-refractivity contribution is 5.76. The second-order valence-corrected chi connectivity index (χ2v) is 5.51. The Morgan fingerprint density at radius 1 is 1.32 bits per heavy atom. The first-order valence-electron chi connectivity index (χ1n) is 7.10. The minimum Gasteiger partial charge on any atom is -0.406 e. The predicted molar refractivity (Wildman–Crippen MR) is 73.3 cm³/mol. The number of nitrogens with one attached hydrogen (secondary N) is 1. The maximum atomic E-state index is 12.3. The molecule has 1 aromatic carbocycles. The van der Waals surface area contributed by atoms with E-state index in [-0.39, 0.29) is 31.0 Å². The van der Waals surface area contributed by atoms with Crippen molar-refractivity contribution in [1.82, 2.24) is 5.32 Å². The van der Waals surface area contributed by atoms with Crippen molar-refractivity contribution in [2.24, 2.45) is 0 Å². The standard InChI is InChI=1S/C15H18F3NO3/c16-15(17,18)22-12-5-2-1-4-11(12)6-7-13(20)19-10-14(21)8-3-9-14/h1-2,4-5,21H,3,6-10H2,(H,19,20). The van der Waals surface area contributed by atoms with Crippen molar-refractivity contribution in [3.63, 3.8) is 0 Å². The summed E-state index contributed by atoms with van der Waals surface area (Å²) in [7, 11) is 0. The number of hydrogen-bond donors (Lipinski definition) is 2. The number of rotatable bonds is 6. The van der Waals surface area contributed by atoms with Crippen molar-refractivity contribution < 1.29 is 27.8 Å². The zero-order valence-electron chi connectivity index (χ0n) is 11.9. The fourth-order valence-electron chi connectivity index (χ4n) is 2.30. The van der Waals surface area contributed by atoms with Gasteiger partial charge in [0.15, 0.2) is 0 Å². The smallest absolute Gasteiger partial charge is 0.406 e. The van der Waals surface area contributed by atoms with Gasteiger partial charge in [0.1, 0.15) is 5.75 Å². The lowest BCUT2D eigenvalue weighted by Gasteiger charge is -2.36. The molecule has 2 N–H and O–H groups in total. The van der Waals surface area contributed by atoms with E-state index in [1.165, 1.54) is 18.2 Å². The van der Waals surface area contributed by atoms with E-state index in [0.717, 1.165) is 6.42 Å². The molecule has 0 spiro atoms. The molecule has 0 saturated heterocycles. The Bertz CT molecular complexity index is 527. The number of halogens is 3. The molecule has 0 radical (unpaired) electrons. The monoisotopic (exact) mass is 317 g/mol. The van der Waals surface area contributed by atoms with Crippen molar-refractivity contribution in [2.75, 3.05) is 6.54 Å². The molecular formula is C15H18F3NO3. The zero-order valence-corrected chi connectivity index (χ0v) is 11.9. The Morgan fingerprint density at radius 3 is 2.59 bits per heavy atom. The molecule has 7 heteroatoms. The molecule has 1 amide bonds. The molecule has 0 aromatic heterocycles. The van der Waals surface area contributed by atoms with Crippen LogP contribution in [0.3, 0.4) is 0 Å². The van der Waals surface area contributed by atoms with Crippen LogP contribution >= 0.6 is 0 Å². The van der Waals surface area contributed by atoms with Crippen LogP contribution in [0.15, 0.2) is 24.3 Å². The van der Waals surface area contributed by atoms with Gasteiger partial charge in [-0.2, -0.15) is 0 Å². The van der Waals surface area contributed by atoms with Gasteiger partial charge in [-0.15, -0.1) is 13.2 Å².